The van der Waals surface area contributed by atoms with Crippen molar-refractivity contribution in [2.45, 2.75) is 6.92 Å². The number of aromatic nitrogens is 2. The Bertz CT molecular complexity index is 651. The van der Waals surface area contributed by atoms with Crippen LogP contribution in [0.2, 0.25) is 0 Å². The Kier molecular flexibility index (Phi) is 1.97. The number of imidazole rings is 1. The summed E-state index contributed by atoms with van der Waals surface area (Å²) in [6.07, 6.45) is 1.78. The van der Waals surface area contributed by atoms with Crippen molar-refractivity contribution in [2.75, 3.05) is 5.73 Å². The minimum absolute atomic E-state index is 0.465. The standard InChI is InChI=1S/C12H11N3S/c1-7-8-4-2-3-5-10(8)16-11(7)9-6-14-12(13)15-9/h2-6H,1H3,(H3,13,14,15). The molecule has 0 spiro atoms. The fourth-order valence-electron chi connectivity index (χ4n) is 1.88. The summed E-state index contributed by atoms with van der Waals surface area (Å²) >= 11 is 1.76. The Morgan fingerprint density at radius 2 is 2.12 bits per heavy atom. The maximum absolute atomic E-state index is 5.60. The minimum Gasteiger partial charge on any atom is -0.369 e. The molecule has 3 N–H and O–H groups in total. The number of aromatic amines is 1. The Morgan fingerprint density at radius 1 is 1.31 bits per heavy atom. The second-order valence-corrected chi connectivity index (χ2v) is 4.79. The van der Waals surface area contributed by atoms with Gasteiger partial charge >= 0.3 is 0 Å². The molecule has 1 aromatic carbocycles. The topological polar surface area (TPSA) is 54.7 Å². The molecule has 80 valence electrons. The number of nitrogen functional groups attached to an aromatic ring is 1. The van der Waals surface area contributed by atoms with E-state index in [1.54, 1.807) is 17.5 Å². The first kappa shape index (κ1) is 9.42. The molecule has 0 unspecified atom stereocenters. The van der Waals surface area contributed by atoms with Crippen LogP contribution >= 0.6 is 11.3 Å². The quantitative estimate of drug-likeness (QED) is 0.673. The van der Waals surface area contributed by atoms with Crippen LogP contribution in [0.1, 0.15) is 5.56 Å². The third kappa shape index (κ3) is 1.31. The van der Waals surface area contributed by atoms with Crippen molar-refractivity contribution in [3.63, 3.8) is 0 Å². The summed E-state index contributed by atoms with van der Waals surface area (Å²) in [5.41, 5.74) is 7.88. The van der Waals surface area contributed by atoms with Gasteiger partial charge in [-0.15, -0.1) is 11.3 Å². The van der Waals surface area contributed by atoms with Crippen molar-refractivity contribution in [1.29, 1.82) is 0 Å². The van der Waals surface area contributed by atoms with E-state index in [0.717, 1.165) is 5.69 Å². The lowest BCUT2D eigenvalue weighted by Crippen LogP contribution is -1.85. The van der Waals surface area contributed by atoms with Gasteiger partial charge in [-0.1, -0.05) is 18.2 Å². The molecule has 0 saturated heterocycles. The number of thiophene rings is 1. The highest BCUT2D eigenvalue weighted by molar-refractivity contribution is 7.22. The summed E-state index contributed by atoms with van der Waals surface area (Å²) in [4.78, 5) is 8.32. The summed E-state index contributed by atoms with van der Waals surface area (Å²) < 4.78 is 1.29. The lowest BCUT2D eigenvalue weighted by atomic mass is 10.1. The van der Waals surface area contributed by atoms with Crippen LogP contribution in [0, 0.1) is 6.92 Å². The number of rotatable bonds is 1. The van der Waals surface area contributed by atoms with Gasteiger partial charge in [0.05, 0.1) is 16.8 Å². The van der Waals surface area contributed by atoms with E-state index >= 15 is 0 Å². The predicted octanol–water partition coefficient (Wildman–Crippen LogP) is 3.18. The average Bonchev–Trinajstić information content (AvgIpc) is 2.84. The van der Waals surface area contributed by atoms with Gasteiger partial charge in [0.15, 0.2) is 5.95 Å². The number of anilines is 1. The van der Waals surface area contributed by atoms with Crippen LogP contribution in [0.3, 0.4) is 0 Å². The monoisotopic (exact) mass is 229 g/mol. The smallest absolute Gasteiger partial charge is 0.197 e. The van der Waals surface area contributed by atoms with E-state index in [1.165, 1.54) is 20.5 Å². The van der Waals surface area contributed by atoms with Crippen LogP contribution in [0.4, 0.5) is 5.95 Å². The van der Waals surface area contributed by atoms with Crippen molar-refractivity contribution in [3.8, 4) is 10.6 Å². The van der Waals surface area contributed by atoms with Gasteiger partial charge in [-0.25, -0.2) is 4.98 Å². The number of nitrogens with one attached hydrogen (secondary N) is 1. The highest BCUT2D eigenvalue weighted by Crippen LogP contribution is 2.37. The van der Waals surface area contributed by atoms with Gasteiger partial charge < -0.3 is 10.7 Å². The van der Waals surface area contributed by atoms with E-state index < -0.39 is 0 Å². The van der Waals surface area contributed by atoms with Gasteiger partial charge in [-0.3, -0.25) is 0 Å². The SMILES string of the molecule is Cc1c(-c2cnc(N)[nH]2)sc2ccccc12. The normalized spacial score (nSPS) is 11.1. The van der Waals surface area contributed by atoms with Crippen LogP contribution in [0.25, 0.3) is 20.7 Å². The molecule has 0 radical (unpaired) electrons. The summed E-state index contributed by atoms with van der Waals surface area (Å²) in [5.74, 6) is 0.465. The number of hydrogen-bond acceptors (Lipinski definition) is 3. The van der Waals surface area contributed by atoms with Crippen LogP contribution in [0.5, 0.6) is 0 Å². The Morgan fingerprint density at radius 3 is 2.81 bits per heavy atom. The molecule has 4 heteroatoms. The zero-order valence-corrected chi connectivity index (χ0v) is 9.64. The van der Waals surface area contributed by atoms with E-state index in [0.29, 0.717) is 5.95 Å². The number of nitrogens with zero attached hydrogens (tertiary/aromatic N) is 1. The Hall–Kier alpha value is -1.81. The summed E-state index contributed by atoms with van der Waals surface area (Å²) in [5, 5.41) is 1.30. The molecule has 3 rings (SSSR count). The number of fused-ring (bicyclic) bond motifs is 1. The number of nitrogens with two attached hydrogens (primary N) is 1. The van der Waals surface area contributed by atoms with Crippen LogP contribution < -0.4 is 5.73 Å². The zero-order chi connectivity index (χ0) is 11.1. The highest BCUT2D eigenvalue weighted by Gasteiger charge is 2.11. The lowest BCUT2D eigenvalue weighted by Gasteiger charge is -1.94. The minimum atomic E-state index is 0.465. The van der Waals surface area contributed by atoms with Crippen LogP contribution in [0.15, 0.2) is 30.5 Å². The first-order chi connectivity index (χ1) is 7.75. The third-order valence-electron chi connectivity index (χ3n) is 2.68. The Labute approximate surface area is 96.9 Å². The first-order valence-electron chi connectivity index (χ1n) is 5.04. The van der Waals surface area contributed by atoms with E-state index in [4.69, 9.17) is 5.73 Å². The van der Waals surface area contributed by atoms with Gasteiger partial charge in [0, 0.05) is 4.70 Å². The maximum Gasteiger partial charge on any atom is 0.197 e. The zero-order valence-electron chi connectivity index (χ0n) is 8.82. The lowest BCUT2D eigenvalue weighted by molar-refractivity contribution is 1.33. The van der Waals surface area contributed by atoms with Gasteiger partial charge in [-0.2, -0.15) is 0 Å². The molecule has 3 aromatic rings. The maximum atomic E-state index is 5.60. The molecular weight excluding hydrogens is 218 g/mol. The molecule has 0 atom stereocenters. The summed E-state index contributed by atoms with van der Waals surface area (Å²) in [6.45, 7) is 2.13. The molecule has 0 aliphatic rings. The van der Waals surface area contributed by atoms with Crippen LogP contribution in [-0.2, 0) is 0 Å². The second-order valence-electron chi connectivity index (χ2n) is 3.73. The largest absolute Gasteiger partial charge is 0.369 e. The van der Waals surface area contributed by atoms with E-state index in [2.05, 4.69) is 41.2 Å². The Balaban J connectivity index is 2.28. The van der Waals surface area contributed by atoms with Crippen molar-refractivity contribution >= 4 is 27.4 Å². The first-order valence-corrected chi connectivity index (χ1v) is 5.86. The molecule has 16 heavy (non-hydrogen) atoms. The number of benzene rings is 1. The molecule has 0 saturated carbocycles. The van der Waals surface area contributed by atoms with Gasteiger partial charge in [0.2, 0.25) is 0 Å². The van der Waals surface area contributed by atoms with Crippen LogP contribution in [-0.4, -0.2) is 9.97 Å². The van der Waals surface area contributed by atoms with Crippen molar-refractivity contribution in [3.05, 3.63) is 36.0 Å². The van der Waals surface area contributed by atoms with Gasteiger partial charge in [-0.05, 0) is 23.9 Å². The highest BCUT2D eigenvalue weighted by atomic mass is 32.1. The summed E-state index contributed by atoms with van der Waals surface area (Å²) in [7, 11) is 0. The molecule has 3 nitrogen and oxygen atoms in total. The van der Waals surface area contributed by atoms with E-state index in [1.807, 2.05) is 0 Å². The fourth-order valence-corrected chi connectivity index (χ4v) is 3.06. The molecule has 2 heterocycles. The molecular formula is C12H11N3S. The second kappa shape index (κ2) is 3.35. The predicted molar refractivity (Wildman–Crippen MR) is 68.6 cm³/mol. The van der Waals surface area contributed by atoms with E-state index in [-0.39, 0.29) is 0 Å². The molecule has 0 bridgehead atoms. The van der Waals surface area contributed by atoms with Crippen molar-refractivity contribution in [2.24, 2.45) is 0 Å². The van der Waals surface area contributed by atoms with Gasteiger partial charge in [0.25, 0.3) is 0 Å². The number of H-pyrrole nitrogens is 1. The number of hydrogen-bond donors (Lipinski definition) is 2. The van der Waals surface area contributed by atoms with Crippen molar-refractivity contribution < 1.29 is 0 Å². The number of aryl methyl sites for hydroxylation is 1. The van der Waals surface area contributed by atoms with Crippen molar-refractivity contribution in [1.82, 2.24) is 9.97 Å². The molecule has 2 aromatic heterocycles. The molecule has 0 fully saturated rings. The average molecular weight is 229 g/mol. The molecule has 0 amide bonds. The molecule has 0 aliphatic carbocycles. The summed E-state index contributed by atoms with van der Waals surface area (Å²) in [6, 6.07) is 8.40. The fraction of sp³-hybridized carbons (Fsp3) is 0.0833. The molecule has 0 aliphatic heterocycles. The van der Waals surface area contributed by atoms with Gasteiger partial charge in [0.1, 0.15) is 0 Å². The van der Waals surface area contributed by atoms with E-state index in [9.17, 15) is 0 Å². The third-order valence-corrected chi connectivity index (χ3v) is 3.99.